The highest BCUT2D eigenvalue weighted by atomic mass is 16.4. The second-order valence-corrected chi connectivity index (χ2v) is 1.52. The summed E-state index contributed by atoms with van der Waals surface area (Å²) in [6.07, 6.45) is 0. The van der Waals surface area contributed by atoms with Crippen LogP contribution in [0.5, 0.6) is 0 Å². The number of hydrogen-bond acceptors (Lipinski definition) is 3. The molecule has 0 aromatic carbocycles. The monoisotopic (exact) mass is 166 g/mol. The SMILES string of the molecule is CC(C)=O.O.O=C(O)C(=O)O. The third-order valence-corrected chi connectivity index (χ3v) is 0.183. The van der Waals surface area contributed by atoms with Gasteiger partial charge in [0.05, 0.1) is 0 Å². The standard InChI is InChI=1S/C3H6O.C2H2O4.H2O/c1-3(2)4;3-1(4)2(5)6;/h1-2H3;(H,3,4)(H,5,6);1H2. The lowest BCUT2D eigenvalue weighted by Crippen LogP contribution is -2.09. The Morgan fingerprint density at radius 3 is 1.00 bits per heavy atom. The fraction of sp³-hybridized carbons (Fsp3) is 0.400. The molecule has 0 atom stereocenters. The van der Waals surface area contributed by atoms with Crippen LogP contribution in [0.2, 0.25) is 0 Å². The average Bonchev–Trinajstić information content (AvgIpc) is 1.63. The van der Waals surface area contributed by atoms with E-state index < -0.39 is 11.9 Å². The molecule has 0 unspecified atom stereocenters. The minimum Gasteiger partial charge on any atom is -0.473 e. The van der Waals surface area contributed by atoms with E-state index in [1.165, 1.54) is 13.8 Å². The Kier molecular flexibility index (Phi) is 12.7. The molecular weight excluding hydrogens is 156 g/mol. The van der Waals surface area contributed by atoms with Gasteiger partial charge in [0, 0.05) is 0 Å². The van der Waals surface area contributed by atoms with E-state index in [0.717, 1.165) is 0 Å². The molecule has 0 heterocycles. The summed E-state index contributed by atoms with van der Waals surface area (Å²) < 4.78 is 0. The number of hydrogen-bond donors (Lipinski definition) is 2. The van der Waals surface area contributed by atoms with Gasteiger partial charge in [0.25, 0.3) is 0 Å². The molecule has 0 radical (unpaired) electrons. The number of aliphatic carboxylic acids is 2. The van der Waals surface area contributed by atoms with Crippen molar-refractivity contribution in [2.45, 2.75) is 13.8 Å². The molecule has 66 valence electrons. The van der Waals surface area contributed by atoms with Crippen molar-refractivity contribution in [3.63, 3.8) is 0 Å². The predicted octanol–water partition coefficient (Wildman–Crippen LogP) is -1.07. The number of carbonyl (C=O) groups excluding carboxylic acids is 1. The topological polar surface area (TPSA) is 123 Å². The highest BCUT2D eigenvalue weighted by molar-refractivity contribution is 6.27. The first-order chi connectivity index (χ1) is 4.37. The summed E-state index contributed by atoms with van der Waals surface area (Å²) in [6.45, 7) is 3.06. The molecule has 6 heteroatoms. The van der Waals surface area contributed by atoms with Crippen molar-refractivity contribution in [1.82, 2.24) is 0 Å². The van der Waals surface area contributed by atoms with Gasteiger partial charge in [0.1, 0.15) is 5.78 Å². The van der Waals surface area contributed by atoms with Crippen molar-refractivity contribution < 1.29 is 30.1 Å². The Bertz CT molecular complexity index is 133. The first-order valence-electron chi connectivity index (χ1n) is 2.31. The van der Waals surface area contributed by atoms with Crippen LogP contribution in [0.4, 0.5) is 0 Å². The highest BCUT2D eigenvalue weighted by Gasteiger charge is 2.04. The lowest BCUT2D eigenvalue weighted by atomic mass is 10.6. The summed E-state index contributed by atoms with van der Waals surface area (Å²) >= 11 is 0. The van der Waals surface area contributed by atoms with Crippen LogP contribution in [0.3, 0.4) is 0 Å². The molecule has 4 N–H and O–H groups in total. The smallest absolute Gasteiger partial charge is 0.414 e. The van der Waals surface area contributed by atoms with E-state index in [1.54, 1.807) is 0 Å². The molecule has 0 aromatic heterocycles. The van der Waals surface area contributed by atoms with Gasteiger partial charge in [0.15, 0.2) is 0 Å². The van der Waals surface area contributed by atoms with E-state index in [9.17, 15) is 4.79 Å². The first kappa shape index (κ1) is 16.3. The Labute approximate surface area is 62.8 Å². The molecule has 0 bridgehead atoms. The fourth-order valence-electron chi connectivity index (χ4n) is 0. The molecule has 0 saturated carbocycles. The number of carboxylic acid groups (broad SMARTS) is 2. The lowest BCUT2D eigenvalue weighted by Gasteiger charge is -1.72. The zero-order valence-corrected chi connectivity index (χ0v) is 6.12. The second kappa shape index (κ2) is 8.57. The van der Waals surface area contributed by atoms with E-state index in [4.69, 9.17) is 19.8 Å². The molecule has 0 rings (SSSR count). The summed E-state index contributed by atoms with van der Waals surface area (Å²) in [4.78, 5) is 27.6. The number of rotatable bonds is 0. The van der Waals surface area contributed by atoms with Crippen LogP contribution in [0.1, 0.15) is 13.8 Å². The molecule has 0 aliphatic heterocycles. The molecule has 0 aliphatic carbocycles. The third kappa shape index (κ3) is 56.0. The van der Waals surface area contributed by atoms with Gasteiger partial charge in [0.2, 0.25) is 0 Å². The maximum absolute atomic E-state index is 9.44. The minimum absolute atomic E-state index is 0. The summed E-state index contributed by atoms with van der Waals surface area (Å²) in [5.41, 5.74) is 0. The van der Waals surface area contributed by atoms with Crippen LogP contribution in [0.25, 0.3) is 0 Å². The van der Waals surface area contributed by atoms with Crippen LogP contribution in [0.15, 0.2) is 0 Å². The molecule has 0 fully saturated rings. The predicted molar refractivity (Wildman–Crippen MR) is 35.2 cm³/mol. The van der Waals surface area contributed by atoms with Crippen molar-refractivity contribution in [2.75, 3.05) is 0 Å². The van der Waals surface area contributed by atoms with Gasteiger partial charge in [-0.15, -0.1) is 0 Å². The minimum atomic E-state index is -1.82. The van der Waals surface area contributed by atoms with Gasteiger partial charge in [-0.3, -0.25) is 0 Å². The molecular formula is C5H10O6. The van der Waals surface area contributed by atoms with Gasteiger partial charge >= 0.3 is 11.9 Å². The van der Waals surface area contributed by atoms with E-state index in [0.29, 0.717) is 0 Å². The summed E-state index contributed by atoms with van der Waals surface area (Å²) in [5, 5.41) is 14.8. The van der Waals surface area contributed by atoms with Crippen LogP contribution >= 0.6 is 0 Å². The van der Waals surface area contributed by atoms with Crippen molar-refractivity contribution in [3.8, 4) is 0 Å². The van der Waals surface area contributed by atoms with E-state index in [2.05, 4.69) is 0 Å². The molecule has 11 heavy (non-hydrogen) atoms. The highest BCUT2D eigenvalue weighted by Crippen LogP contribution is 1.56. The Hall–Kier alpha value is -1.43. The maximum Gasteiger partial charge on any atom is 0.414 e. The molecule has 0 aromatic rings. The molecule has 0 aliphatic rings. The van der Waals surface area contributed by atoms with Gasteiger partial charge in [-0.25, -0.2) is 9.59 Å². The lowest BCUT2D eigenvalue weighted by molar-refractivity contribution is -0.159. The van der Waals surface area contributed by atoms with Gasteiger partial charge in [-0.2, -0.15) is 0 Å². The number of Topliss-reactive ketones (excluding diaryl/α,β-unsaturated/α-hetero) is 1. The van der Waals surface area contributed by atoms with E-state index in [-0.39, 0.29) is 11.3 Å². The molecule has 0 spiro atoms. The summed E-state index contributed by atoms with van der Waals surface area (Å²) in [6, 6.07) is 0. The quantitative estimate of drug-likeness (QED) is 0.443. The molecule has 0 amide bonds. The van der Waals surface area contributed by atoms with Crippen LogP contribution < -0.4 is 0 Å². The van der Waals surface area contributed by atoms with Crippen LogP contribution in [0, 0.1) is 0 Å². The zero-order chi connectivity index (χ0) is 8.73. The summed E-state index contributed by atoms with van der Waals surface area (Å²) in [7, 11) is 0. The second-order valence-electron chi connectivity index (χ2n) is 1.52. The van der Waals surface area contributed by atoms with Crippen molar-refractivity contribution in [1.29, 1.82) is 0 Å². The Morgan fingerprint density at radius 2 is 1.00 bits per heavy atom. The first-order valence-corrected chi connectivity index (χ1v) is 2.31. The van der Waals surface area contributed by atoms with E-state index >= 15 is 0 Å². The molecule has 6 nitrogen and oxygen atoms in total. The van der Waals surface area contributed by atoms with Gasteiger partial charge < -0.3 is 20.5 Å². The fourth-order valence-corrected chi connectivity index (χ4v) is 0. The normalized spacial score (nSPS) is 6.36. The van der Waals surface area contributed by atoms with Crippen LogP contribution in [-0.2, 0) is 14.4 Å². The Morgan fingerprint density at radius 1 is 0.909 bits per heavy atom. The number of carboxylic acids is 2. The largest absolute Gasteiger partial charge is 0.473 e. The van der Waals surface area contributed by atoms with Crippen molar-refractivity contribution in [2.24, 2.45) is 0 Å². The van der Waals surface area contributed by atoms with Gasteiger partial charge in [-0.05, 0) is 13.8 Å². The maximum atomic E-state index is 9.44. The molecule has 0 saturated heterocycles. The van der Waals surface area contributed by atoms with E-state index in [1.807, 2.05) is 0 Å². The van der Waals surface area contributed by atoms with Crippen molar-refractivity contribution in [3.05, 3.63) is 0 Å². The number of ketones is 1. The van der Waals surface area contributed by atoms with Crippen LogP contribution in [-0.4, -0.2) is 33.4 Å². The third-order valence-electron chi connectivity index (χ3n) is 0.183. The van der Waals surface area contributed by atoms with Gasteiger partial charge in [-0.1, -0.05) is 0 Å². The zero-order valence-electron chi connectivity index (χ0n) is 6.12. The summed E-state index contributed by atoms with van der Waals surface area (Å²) in [5.74, 6) is -3.48. The Balaban J connectivity index is -0.000000114. The number of carbonyl (C=O) groups is 3. The van der Waals surface area contributed by atoms with Crippen molar-refractivity contribution >= 4 is 17.7 Å². The average molecular weight is 166 g/mol.